The number of halogens is 2. The number of aromatic nitrogens is 2. The standard InChI is InChI=1S/C13H11ClFN3/c14-13-4-3-11(16-17-13)8-18-6-5-9-1-2-10(15)7-12(9)18/h1-4,7H,5-6,8H2. The first-order valence-corrected chi connectivity index (χ1v) is 6.12. The lowest BCUT2D eigenvalue weighted by Crippen LogP contribution is -2.20. The van der Waals surface area contributed by atoms with Gasteiger partial charge < -0.3 is 4.90 Å². The van der Waals surface area contributed by atoms with Crippen LogP contribution < -0.4 is 4.90 Å². The number of hydrogen-bond acceptors (Lipinski definition) is 3. The summed E-state index contributed by atoms with van der Waals surface area (Å²) in [5, 5.41) is 8.21. The molecule has 0 atom stereocenters. The Hall–Kier alpha value is -1.68. The Bertz CT molecular complexity index is 571. The first kappa shape index (κ1) is 11.4. The van der Waals surface area contributed by atoms with Gasteiger partial charge >= 0.3 is 0 Å². The number of anilines is 1. The molecule has 2 heterocycles. The molecule has 18 heavy (non-hydrogen) atoms. The summed E-state index contributed by atoms with van der Waals surface area (Å²) < 4.78 is 13.3. The Balaban J connectivity index is 1.84. The first-order valence-electron chi connectivity index (χ1n) is 5.74. The molecule has 0 aliphatic carbocycles. The number of benzene rings is 1. The van der Waals surface area contributed by atoms with E-state index in [1.165, 1.54) is 11.6 Å². The highest BCUT2D eigenvalue weighted by Gasteiger charge is 2.20. The van der Waals surface area contributed by atoms with Gasteiger partial charge in [-0.05, 0) is 36.2 Å². The summed E-state index contributed by atoms with van der Waals surface area (Å²) in [6, 6.07) is 8.48. The molecule has 0 N–H and O–H groups in total. The zero-order chi connectivity index (χ0) is 12.5. The highest BCUT2D eigenvalue weighted by atomic mass is 35.5. The van der Waals surface area contributed by atoms with E-state index in [0.29, 0.717) is 11.7 Å². The van der Waals surface area contributed by atoms with Crippen LogP contribution in [0.1, 0.15) is 11.3 Å². The summed E-state index contributed by atoms with van der Waals surface area (Å²) in [4.78, 5) is 2.11. The monoisotopic (exact) mass is 263 g/mol. The van der Waals surface area contributed by atoms with Crippen molar-refractivity contribution in [2.24, 2.45) is 0 Å². The fourth-order valence-electron chi connectivity index (χ4n) is 2.21. The summed E-state index contributed by atoms with van der Waals surface area (Å²) in [5.74, 6) is -0.206. The molecule has 1 aromatic carbocycles. The van der Waals surface area contributed by atoms with E-state index in [9.17, 15) is 4.39 Å². The van der Waals surface area contributed by atoms with Crippen molar-refractivity contribution in [3.8, 4) is 0 Å². The van der Waals surface area contributed by atoms with Gasteiger partial charge in [0.15, 0.2) is 5.15 Å². The summed E-state index contributed by atoms with van der Waals surface area (Å²) in [7, 11) is 0. The zero-order valence-electron chi connectivity index (χ0n) is 9.61. The van der Waals surface area contributed by atoms with Crippen molar-refractivity contribution in [3.05, 3.63) is 52.6 Å². The van der Waals surface area contributed by atoms with Crippen LogP contribution in [0.5, 0.6) is 0 Å². The number of fused-ring (bicyclic) bond motifs is 1. The van der Waals surface area contributed by atoms with Crippen molar-refractivity contribution in [2.75, 3.05) is 11.4 Å². The molecular formula is C13H11ClFN3. The molecule has 0 amide bonds. The molecule has 0 bridgehead atoms. The molecule has 2 aromatic rings. The highest BCUT2D eigenvalue weighted by molar-refractivity contribution is 6.29. The lowest BCUT2D eigenvalue weighted by Gasteiger charge is -2.18. The van der Waals surface area contributed by atoms with Gasteiger partial charge in [0.2, 0.25) is 0 Å². The molecule has 0 fully saturated rings. The van der Waals surface area contributed by atoms with Crippen molar-refractivity contribution in [3.63, 3.8) is 0 Å². The van der Waals surface area contributed by atoms with E-state index in [-0.39, 0.29) is 5.82 Å². The van der Waals surface area contributed by atoms with Crippen molar-refractivity contribution >= 4 is 17.3 Å². The van der Waals surface area contributed by atoms with E-state index in [1.807, 2.05) is 12.1 Å². The largest absolute Gasteiger partial charge is 0.365 e. The van der Waals surface area contributed by atoms with Crippen LogP contribution >= 0.6 is 11.6 Å². The van der Waals surface area contributed by atoms with E-state index in [4.69, 9.17) is 11.6 Å². The minimum atomic E-state index is -0.206. The number of nitrogens with zero attached hydrogens (tertiary/aromatic N) is 3. The van der Waals surface area contributed by atoms with Crippen molar-refractivity contribution < 1.29 is 4.39 Å². The van der Waals surface area contributed by atoms with Gasteiger partial charge in [-0.1, -0.05) is 17.7 Å². The van der Waals surface area contributed by atoms with Gasteiger partial charge in [0.05, 0.1) is 12.2 Å². The fourth-order valence-corrected chi connectivity index (χ4v) is 2.31. The van der Waals surface area contributed by atoms with Gasteiger partial charge in [-0.15, -0.1) is 5.10 Å². The minimum absolute atomic E-state index is 0.206. The van der Waals surface area contributed by atoms with Gasteiger partial charge in [-0.25, -0.2) is 4.39 Å². The van der Waals surface area contributed by atoms with E-state index in [2.05, 4.69) is 15.1 Å². The fraction of sp³-hybridized carbons (Fsp3) is 0.231. The van der Waals surface area contributed by atoms with E-state index in [1.54, 1.807) is 12.1 Å². The quantitative estimate of drug-likeness (QED) is 0.834. The van der Waals surface area contributed by atoms with E-state index >= 15 is 0 Å². The highest BCUT2D eigenvalue weighted by Crippen LogP contribution is 2.29. The number of rotatable bonds is 2. The first-order chi connectivity index (χ1) is 8.72. The minimum Gasteiger partial charge on any atom is -0.365 e. The lowest BCUT2D eigenvalue weighted by atomic mass is 10.2. The average Bonchev–Trinajstić information content (AvgIpc) is 2.75. The van der Waals surface area contributed by atoms with Crippen LogP contribution in [0, 0.1) is 5.82 Å². The normalized spacial score (nSPS) is 13.8. The van der Waals surface area contributed by atoms with Crippen LogP contribution in [0.2, 0.25) is 5.15 Å². The molecule has 1 aliphatic heterocycles. The third kappa shape index (κ3) is 2.16. The molecular weight excluding hydrogens is 253 g/mol. The molecule has 0 saturated carbocycles. The zero-order valence-corrected chi connectivity index (χ0v) is 10.4. The Morgan fingerprint density at radius 2 is 2.11 bits per heavy atom. The maximum absolute atomic E-state index is 13.3. The molecule has 0 spiro atoms. The average molecular weight is 264 g/mol. The number of hydrogen-bond donors (Lipinski definition) is 0. The lowest BCUT2D eigenvalue weighted by molar-refractivity contribution is 0.627. The van der Waals surface area contributed by atoms with Crippen LogP contribution in [-0.2, 0) is 13.0 Å². The summed E-state index contributed by atoms with van der Waals surface area (Å²) in [5.41, 5.74) is 2.96. The second kappa shape index (κ2) is 4.53. The van der Waals surface area contributed by atoms with Gasteiger partial charge in [0.25, 0.3) is 0 Å². The molecule has 0 radical (unpaired) electrons. The van der Waals surface area contributed by atoms with Gasteiger partial charge in [0, 0.05) is 12.2 Å². The third-order valence-electron chi connectivity index (χ3n) is 3.08. The summed E-state index contributed by atoms with van der Waals surface area (Å²) in [6.45, 7) is 1.50. The van der Waals surface area contributed by atoms with Gasteiger partial charge in [-0.3, -0.25) is 0 Å². The second-order valence-corrected chi connectivity index (χ2v) is 4.68. The predicted molar refractivity (Wildman–Crippen MR) is 68.2 cm³/mol. The molecule has 3 nitrogen and oxygen atoms in total. The Morgan fingerprint density at radius 1 is 1.22 bits per heavy atom. The van der Waals surface area contributed by atoms with Gasteiger partial charge in [-0.2, -0.15) is 5.10 Å². The third-order valence-corrected chi connectivity index (χ3v) is 3.28. The van der Waals surface area contributed by atoms with Crippen molar-refractivity contribution in [2.45, 2.75) is 13.0 Å². The molecule has 0 unspecified atom stereocenters. The summed E-state index contributed by atoms with van der Waals surface area (Å²) >= 11 is 5.69. The smallest absolute Gasteiger partial charge is 0.151 e. The van der Waals surface area contributed by atoms with Crippen LogP contribution in [0.4, 0.5) is 10.1 Å². The van der Waals surface area contributed by atoms with Crippen molar-refractivity contribution in [1.29, 1.82) is 0 Å². The second-order valence-electron chi connectivity index (χ2n) is 4.29. The maximum Gasteiger partial charge on any atom is 0.151 e. The summed E-state index contributed by atoms with van der Waals surface area (Å²) in [6.07, 6.45) is 0.941. The molecule has 92 valence electrons. The molecule has 1 aliphatic rings. The van der Waals surface area contributed by atoms with Crippen LogP contribution in [0.25, 0.3) is 0 Å². The molecule has 1 aromatic heterocycles. The van der Waals surface area contributed by atoms with Crippen LogP contribution in [0.3, 0.4) is 0 Å². The maximum atomic E-state index is 13.3. The molecule has 3 rings (SSSR count). The topological polar surface area (TPSA) is 29.0 Å². The SMILES string of the molecule is Fc1ccc2c(c1)N(Cc1ccc(Cl)nn1)CC2. The van der Waals surface area contributed by atoms with E-state index in [0.717, 1.165) is 24.3 Å². The van der Waals surface area contributed by atoms with E-state index < -0.39 is 0 Å². The Morgan fingerprint density at radius 3 is 2.89 bits per heavy atom. The van der Waals surface area contributed by atoms with Crippen molar-refractivity contribution in [1.82, 2.24) is 10.2 Å². The predicted octanol–water partition coefficient (Wildman–Crippen LogP) is 2.83. The molecule has 0 saturated heterocycles. The molecule has 5 heteroatoms. The van der Waals surface area contributed by atoms with Crippen LogP contribution in [-0.4, -0.2) is 16.7 Å². The van der Waals surface area contributed by atoms with Crippen LogP contribution in [0.15, 0.2) is 30.3 Å². The Kier molecular flexibility index (Phi) is 2.88. The van der Waals surface area contributed by atoms with Gasteiger partial charge in [0.1, 0.15) is 5.82 Å². The Labute approximate surface area is 109 Å².